The molecular weight excluding hydrogens is 206 g/mol. The van der Waals surface area contributed by atoms with Gasteiger partial charge in [-0.1, -0.05) is 6.08 Å². The second-order valence-electron chi connectivity index (χ2n) is 1.77. The van der Waals surface area contributed by atoms with Crippen molar-refractivity contribution in [3.63, 3.8) is 0 Å². The zero-order valence-corrected chi connectivity index (χ0v) is 7.98. The summed E-state index contributed by atoms with van der Waals surface area (Å²) in [7, 11) is 0. The lowest BCUT2D eigenvalue weighted by atomic mass is 10.6. The molecule has 0 bridgehead atoms. The Labute approximate surface area is 81.8 Å². The van der Waals surface area contributed by atoms with Crippen molar-refractivity contribution in [2.45, 2.75) is 6.43 Å². The van der Waals surface area contributed by atoms with Crippen LogP contribution in [0.3, 0.4) is 0 Å². The maximum atomic E-state index is 11.5. The molecule has 0 spiro atoms. The molecule has 72 valence electrons. The molecule has 0 saturated heterocycles. The summed E-state index contributed by atoms with van der Waals surface area (Å²) in [6, 6.07) is 0. The molecule has 0 aliphatic heterocycles. The highest BCUT2D eigenvalue weighted by Gasteiger charge is 2.01. The maximum absolute atomic E-state index is 11.5. The van der Waals surface area contributed by atoms with Gasteiger partial charge in [0.15, 0.2) is 5.11 Å². The molecule has 0 aliphatic carbocycles. The SMILES string of the molecule is C=CCNC(=S)NCC(F)F.Cl. The van der Waals surface area contributed by atoms with E-state index in [0.29, 0.717) is 6.54 Å². The first-order valence-corrected chi connectivity index (χ1v) is 3.48. The molecule has 2 N–H and O–H groups in total. The van der Waals surface area contributed by atoms with Crippen molar-refractivity contribution in [3.8, 4) is 0 Å². The number of nitrogens with one attached hydrogen (secondary N) is 2. The van der Waals surface area contributed by atoms with Gasteiger partial charge in [-0.2, -0.15) is 0 Å². The molecule has 0 heterocycles. The Balaban J connectivity index is 0. The van der Waals surface area contributed by atoms with Crippen molar-refractivity contribution >= 4 is 29.7 Å². The Kier molecular flexibility index (Phi) is 10.2. The molecule has 0 fully saturated rings. The van der Waals surface area contributed by atoms with E-state index in [0.717, 1.165) is 0 Å². The smallest absolute Gasteiger partial charge is 0.255 e. The van der Waals surface area contributed by atoms with E-state index in [1.165, 1.54) is 0 Å². The lowest BCUT2D eigenvalue weighted by molar-refractivity contribution is 0.152. The Morgan fingerprint density at radius 3 is 2.50 bits per heavy atom. The normalized spacial score (nSPS) is 8.58. The van der Waals surface area contributed by atoms with Crippen molar-refractivity contribution < 1.29 is 8.78 Å². The molecule has 0 aromatic carbocycles. The van der Waals surface area contributed by atoms with Crippen LogP contribution in [-0.2, 0) is 0 Å². The van der Waals surface area contributed by atoms with Crippen molar-refractivity contribution in [3.05, 3.63) is 12.7 Å². The van der Waals surface area contributed by atoms with Crippen LogP contribution in [0.15, 0.2) is 12.7 Å². The van der Waals surface area contributed by atoms with Crippen LogP contribution in [0.4, 0.5) is 8.78 Å². The third-order valence-corrected chi connectivity index (χ3v) is 1.11. The lowest BCUT2D eigenvalue weighted by Gasteiger charge is -2.07. The Morgan fingerprint density at radius 1 is 1.50 bits per heavy atom. The molecule has 6 heteroatoms. The standard InChI is InChI=1S/C6H10F2N2S.ClH/c1-2-3-9-6(11)10-4-5(7)8;/h2,5H,1,3-4H2,(H2,9,10,11);1H. The molecule has 0 aromatic rings. The largest absolute Gasteiger partial charge is 0.359 e. The Bertz CT molecular complexity index is 144. The summed E-state index contributed by atoms with van der Waals surface area (Å²) < 4.78 is 23.1. The predicted molar refractivity (Wildman–Crippen MR) is 52.1 cm³/mol. The number of halogens is 3. The molecule has 0 aromatic heterocycles. The van der Waals surface area contributed by atoms with Crippen LogP contribution in [0.5, 0.6) is 0 Å². The van der Waals surface area contributed by atoms with E-state index in [1.54, 1.807) is 6.08 Å². The van der Waals surface area contributed by atoms with Gasteiger partial charge in [0, 0.05) is 6.54 Å². The second-order valence-corrected chi connectivity index (χ2v) is 2.18. The summed E-state index contributed by atoms with van der Waals surface area (Å²) in [6.45, 7) is 3.50. The fraction of sp³-hybridized carbons (Fsp3) is 0.500. The molecule has 0 saturated carbocycles. The third kappa shape index (κ3) is 9.58. The highest BCUT2D eigenvalue weighted by Crippen LogP contribution is 1.86. The summed E-state index contributed by atoms with van der Waals surface area (Å²) in [5.74, 6) is 0. The third-order valence-electron chi connectivity index (χ3n) is 0.824. The van der Waals surface area contributed by atoms with E-state index in [4.69, 9.17) is 0 Å². The molecule has 0 radical (unpaired) electrons. The Hall–Kier alpha value is -0.420. The minimum atomic E-state index is -2.38. The van der Waals surface area contributed by atoms with Gasteiger partial charge in [-0.05, 0) is 12.2 Å². The number of rotatable bonds is 4. The monoisotopic (exact) mass is 216 g/mol. The Morgan fingerprint density at radius 2 is 2.08 bits per heavy atom. The molecule has 2 nitrogen and oxygen atoms in total. The highest BCUT2D eigenvalue weighted by molar-refractivity contribution is 7.80. The summed E-state index contributed by atoms with van der Waals surface area (Å²) in [6.07, 6.45) is -0.783. The first-order chi connectivity index (χ1) is 5.16. The van der Waals surface area contributed by atoms with Gasteiger partial charge in [0.05, 0.1) is 6.54 Å². The first kappa shape index (κ1) is 14.1. The van der Waals surface area contributed by atoms with Crippen LogP contribution < -0.4 is 10.6 Å². The van der Waals surface area contributed by atoms with Gasteiger partial charge in [0.25, 0.3) is 6.43 Å². The highest BCUT2D eigenvalue weighted by atomic mass is 35.5. The summed E-state index contributed by atoms with van der Waals surface area (Å²) in [4.78, 5) is 0. The van der Waals surface area contributed by atoms with Crippen LogP contribution in [0, 0.1) is 0 Å². The van der Waals surface area contributed by atoms with Crippen LogP contribution in [0.2, 0.25) is 0 Å². The van der Waals surface area contributed by atoms with Crippen LogP contribution >= 0.6 is 24.6 Å². The molecule has 0 unspecified atom stereocenters. The van der Waals surface area contributed by atoms with Gasteiger partial charge < -0.3 is 10.6 Å². The quantitative estimate of drug-likeness (QED) is 0.548. The number of alkyl halides is 2. The molecule has 0 rings (SSSR count). The van der Waals surface area contributed by atoms with E-state index in [2.05, 4.69) is 29.4 Å². The second kappa shape index (κ2) is 8.67. The van der Waals surface area contributed by atoms with E-state index >= 15 is 0 Å². The average molecular weight is 217 g/mol. The first-order valence-electron chi connectivity index (χ1n) is 3.07. The van der Waals surface area contributed by atoms with Crippen LogP contribution in [0.25, 0.3) is 0 Å². The molecule has 12 heavy (non-hydrogen) atoms. The summed E-state index contributed by atoms with van der Waals surface area (Å²) in [5, 5.41) is 5.22. The van der Waals surface area contributed by atoms with Crippen molar-refractivity contribution in [1.29, 1.82) is 0 Å². The lowest BCUT2D eigenvalue weighted by Crippen LogP contribution is -2.37. The van der Waals surface area contributed by atoms with Crippen LogP contribution in [0.1, 0.15) is 0 Å². The van der Waals surface area contributed by atoms with Gasteiger partial charge in [0.2, 0.25) is 0 Å². The minimum Gasteiger partial charge on any atom is -0.359 e. The molecular formula is C6H11ClF2N2S. The molecule has 0 atom stereocenters. The number of hydrogen-bond donors (Lipinski definition) is 2. The molecule has 0 amide bonds. The van der Waals surface area contributed by atoms with E-state index in [1.807, 2.05) is 0 Å². The van der Waals surface area contributed by atoms with Gasteiger partial charge in [-0.25, -0.2) is 8.78 Å². The molecule has 0 aliphatic rings. The van der Waals surface area contributed by atoms with Gasteiger partial charge in [0.1, 0.15) is 0 Å². The average Bonchev–Trinajstić information content (AvgIpc) is 1.97. The predicted octanol–water partition coefficient (Wildman–Crippen LogP) is 1.32. The van der Waals surface area contributed by atoms with Crippen LogP contribution in [-0.4, -0.2) is 24.6 Å². The minimum absolute atomic E-state index is 0. The van der Waals surface area contributed by atoms with E-state index in [-0.39, 0.29) is 17.5 Å². The van der Waals surface area contributed by atoms with Crippen molar-refractivity contribution in [2.24, 2.45) is 0 Å². The fourth-order valence-corrected chi connectivity index (χ4v) is 0.564. The van der Waals surface area contributed by atoms with Crippen molar-refractivity contribution in [1.82, 2.24) is 10.6 Å². The van der Waals surface area contributed by atoms with Gasteiger partial charge in [-0.15, -0.1) is 19.0 Å². The van der Waals surface area contributed by atoms with E-state index in [9.17, 15) is 8.78 Å². The van der Waals surface area contributed by atoms with Gasteiger partial charge >= 0.3 is 0 Å². The van der Waals surface area contributed by atoms with E-state index < -0.39 is 13.0 Å². The van der Waals surface area contributed by atoms with Crippen molar-refractivity contribution in [2.75, 3.05) is 13.1 Å². The topological polar surface area (TPSA) is 24.1 Å². The number of hydrogen-bond acceptors (Lipinski definition) is 1. The maximum Gasteiger partial charge on any atom is 0.255 e. The summed E-state index contributed by atoms with van der Waals surface area (Å²) in [5.41, 5.74) is 0. The zero-order valence-electron chi connectivity index (χ0n) is 6.35. The fourth-order valence-electron chi connectivity index (χ4n) is 0.397. The van der Waals surface area contributed by atoms with Gasteiger partial charge in [-0.3, -0.25) is 0 Å². The number of thiocarbonyl (C=S) groups is 1. The summed E-state index contributed by atoms with van der Waals surface area (Å²) >= 11 is 4.63. The zero-order chi connectivity index (χ0) is 8.69.